The van der Waals surface area contributed by atoms with E-state index in [1.807, 2.05) is 6.33 Å². The summed E-state index contributed by atoms with van der Waals surface area (Å²) in [5, 5.41) is 7.12. The molecule has 0 aliphatic carbocycles. The second-order valence-corrected chi connectivity index (χ2v) is 9.37. The maximum absolute atomic E-state index is 12.9. The fourth-order valence-electron chi connectivity index (χ4n) is 5.10. The molecule has 8 heteroatoms. The smallest absolute Gasteiger partial charge is 0.290 e. The fraction of sp³-hybridized carbons (Fsp3) is 0.346. The van der Waals surface area contributed by atoms with E-state index in [2.05, 4.69) is 57.0 Å². The van der Waals surface area contributed by atoms with Crippen LogP contribution in [-0.4, -0.2) is 32.5 Å². The van der Waals surface area contributed by atoms with Crippen LogP contribution in [0.4, 0.5) is 5.69 Å². The molecule has 34 heavy (non-hydrogen) atoms. The first-order chi connectivity index (χ1) is 16.7. The number of hydrogen-bond acceptors (Lipinski definition) is 5. The first-order valence-electron chi connectivity index (χ1n) is 11.8. The number of aromatic nitrogens is 4. The Morgan fingerprint density at radius 1 is 1.12 bits per heavy atom. The standard InChI is InChI=1S/C26H26ClN5O2/c27-25-23(14-29-32(26(25)33)24-10-3-4-13-34-24)30-12-11-22-21(16-30)28-17-31(22)15-19-8-5-7-18-6-1-2-9-20(18)19/h1-2,5-9,14,17,24H,3-4,10-13,15-16H2. The average molecular weight is 476 g/mol. The zero-order chi connectivity index (χ0) is 23.1. The van der Waals surface area contributed by atoms with E-state index in [0.717, 1.165) is 44.5 Å². The second kappa shape index (κ2) is 8.89. The molecular weight excluding hydrogens is 450 g/mol. The molecule has 1 saturated heterocycles. The molecule has 0 N–H and O–H groups in total. The van der Waals surface area contributed by atoms with Crippen molar-refractivity contribution < 1.29 is 4.74 Å². The lowest BCUT2D eigenvalue weighted by Gasteiger charge is -2.30. The number of hydrogen-bond donors (Lipinski definition) is 0. The number of benzene rings is 2. The van der Waals surface area contributed by atoms with Crippen LogP contribution in [0.3, 0.4) is 0 Å². The highest BCUT2D eigenvalue weighted by Crippen LogP contribution is 2.29. The van der Waals surface area contributed by atoms with Crippen molar-refractivity contribution in [2.75, 3.05) is 18.1 Å². The molecule has 0 spiro atoms. The quantitative estimate of drug-likeness (QED) is 0.433. The molecular formula is C26H26ClN5O2. The van der Waals surface area contributed by atoms with E-state index in [4.69, 9.17) is 21.3 Å². The van der Waals surface area contributed by atoms with E-state index in [9.17, 15) is 4.79 Å². The molecule has 174 valence electrons. The third-order valence-electron chi connectivity index (χ3n) is 6.91. The van der Waals surface area contributed by atoms with Crippen molar-refractivity contribution in [3.8, 4) is 0 Å². The van der Waals surface area contributed by atoms with E-state index < -0.39 is 0 Å². The van der Waals surface area contributed by atoms with Crippen molar-refractivity contribution in [2.24, 2.45) is 0 Å². The lowest BCUT2D eigenvalue weighted by molar-refractivity contribution is -0.0424. The fourth-order valence-corrected chi connectivity index (χ4v) is 5.36. The minimum atomic E-state index is -0.328. The number of ether oxygens (including phenoxy) is 1. The second-order valence-electron chi connectivity index (χ2n) is 8.99. The molecule has 0 amide bonds. The maximum Gasteiger partial charge on any atom is 0.290 e. The van der Waals surface area contributed by atoms with Crippen LogP contribution in [0.15, 0.2) is 59.8 Å². The van der Waals surface area contributed by atoms with Gasteiger partial charge in [0.15, 0.2) is 6.23 Å². The van der Waals surface area contributed by atoms with Gasteiger partial charge in [0.1, 0.15) is 5.02 Å². The van der Waals surface area contributed by atoms with Crippen molar-refractivity contribution in [3.63, 3.8) is 0 Å². The van der Waals surface area contributed by atoms with Gasteiger partial charge in [-0.05, 0) is 35.6 Å². The summed E-state index contributed by atoms with van der Waals surface area (Å²) < 4.78 is 9.36. The van der Waals surface area contributed by atoms with Gasteiger partial charge in [-0.2, -0.15) is 9.78 Å². The van der Waals surface area contributed by atoms with Crippen LogP contribution in [0.5, 0.6) is 0 Å². The summed E-state index contributed by atoms with van der Waals surface area (Å²) in [6.07, 6.45) is 6.93. The SMILES string of the molecule is O=c1c(Cl)c(N2CCc3c(ncn3Cc3cccc4ccccc34)C2)cnn1C1CCCCO1. The summed E-state index contributed by atoms with van der Waals surface area (Å²) >= 11 is 6.55. The Balaban J connectivity index is 1.24. The highest BCUT2D eigenvalue weighted by atomic mass is 35.5. The summed E-state index contributed by atoms with van der Waals surface area (Å²) in [6, 6.07) is 14.9. The normalized spacial score (nSPS) is 18.3. The highest BCUT2D eigenvalue weighted by molar-refractivity contribution is 6.33. The number of rotatable bonds is 4. The van der Waals surface area contributed by atoms with Crippen LogP contribution in [-0.2, 0) is 24.2 Å². The van der Waals surface area contributed by atoms with Gasteiger partial charge in [0, 0.05) is 31.8 Å². The van der Waals surface area contributed by atoms with E-state index >= 15 is 0 Å². The molecule has 0 bridgehead atoms. The minimum Gasteiger partial charge on any atom is -0.362 e. The van der Waals surface area contributed by atoms with Crippen molar-refractivity contribution in [2.45, 2.75) is 45.0 Å². The topological polar surface area (TPSA) is 65.2 Å². The molecule has 2 aromatic carbocycles. The largest absolute Gasteiger partial charge is 0.362 e. The zero-order valence-electron chi connectivity index (χ0n) is 18.9. The Morgan fingerprint density at radius 3 is 2.88 bits per heavy atom. The van der Waals surface area contributed by atoms with Gasteiger partial charge in [-0.15, -0.1) is 0 Å². The summed E-state index contributed by atoms with van der Waals surface area (Å²) in [6.45, 7) is 2.78. The molecule has 1 atom stereocenters. The zero-order valence-corrected chi connectivity index (χ0v) is 19.6. The summed E-state index contributed by atoms with van der Waals surface area (Å²) in [5.74, 6) is 0. The third kappa shape index (κ3) is 3.79. The Kier molecular flexibility index (Phi) is 5.59. The van der Waals surface area contributed by atoms with E-state index in [-0.39, 0.29) is 16.8 Å². The molecule has 4 aromatic rings. The summed E-state index contributed by atoms with van der Waals surface area (Å²) in [5.41, 5.74) is 3.90. The summed E-state index contributed by atoms with van der Waals surface area (Å²) in [7, 11) is 0. The van der Waals surface area contributed by atoms with Gasteiger partial charge in [0.05, 0.1) is 30.5 Å². The minimum absolute atomic E-state index is 0.197. The third-order valence-corrected chi connectivity index (χ3v) is 7.26. The number of nitrogens with zero attached hydrogens (tertiary/aromatic N) is 5. The predicted molar refractivity (Wildman–Crippen MR) is 132 cm³/mol. The maximum atomic E-state index is 12.9. The van der Waals surface area contributed by atoms with Gasteiger partial charge < -0.3 is 14.2 Å². The van der Waals surface area contributed by atoms with Gasteiger partial charge in [0.25, 0.3) is 5.56 Å². The van der Waals surface area contributed by atoms with Gasteiger partial charge in [-0.3, -0.25) is 4.79 Å². The predicted octanol–water partition coefficient (Wildman–Crippen LogP) is 4.56. The number of fused-ring (bicyclic) bond motifs is 2. The van der Waals surface area contributed by atoms with Crippen LogP contribution in [0.25, 0.3) is 10.8 Å². The lowest BCUT2D eigenvalue weighted by Crippen LogP contribution is -2.36. The van der Waals surface area contributed by atoms with E-state index in [1.165, 1.54) is 26.7 Å². The van der Waals surface area contributed by atoms with Crippen molar-refractivity contribution in [1.82, 2.24) is 19.3 Å². The first kappa shape index (κ1) is 21.4. The number of imidazole rings is 1. The van der Waals surface area contributed by atoms with Crippen LogP contribution in [0, 0.1) is 0 Å². The van der Waals surface area contributed by atoms with E-state index in [1.54, 1.807) is 6.20 Å². The van der Waals surface area contributed by atoms with Gasteiger partial charge in [0.2, 0.25) is 0 Å². The Bertz CT molecular complexity index is 1400. The van der Waals surface area contributed by atoms with Crippen molar-refractivity contribution >= 4 is 28.1 Å². The van der Waals surface area contributed by atoms with Crippen LogP contribution >= 0.6 is 11.6 Å². The molecule has 4 heterocycles. The average Bonchev–Trinajstić information content (AvgIpc) is 3.28. The molecule has 0 radical (unpaired) electrons. The van der Waals surface area contributed by atoms with E-state index in [0.29, 0.717) is 18.8 Å². The van der Waals surface area contributed by atoms with Gasteiger partial charge >= 0.3 is 0 Å². The number of halogens is 1. The summed E-state index contributed by atoms with van der Waals surface area (Å²) in [4.78, 5) is 19.7. The molecule has 1 fully saturated rings. The molecule has 2 aliphatic rings. The molecule has 1 unspecified atom stereocenters. The van der Waals surface area contributed by atoms with Crippen LogP contribution in [0.2, 0.25) is 5.02 Å². The molecule has 2 aromatic heterocycles. The number of anilines is 1. The van der Waals surface area contributed by atoms with Gasteiger partial charge in [-0.1, -0.05) is 54.1 Å². The lowest BCUT2D eigenvalue weighted by atomic mass is 10.0. The van der Waals surface area contributed by atoms with Crippen LogP contribution in [0.1, 0.15) is 42.4 Å². The monoisotopic (exact) mass is 475 g/mol. The van der Waals surface area contributed by atoms with Crippen molar-refractivity contribution in [3.05, 3.63) is 87.3 Å². The van der Waals surface area contributed by atoms with Crippen molar-refractivity contribution in [1.29, 1.82) is 0 Å². The molecule has 7 nitrogen and oxygen atoms in total. The molecule has 6 rings (SSSR count). The Labute approximate surface area is 202 Å². The highest BCUT2D eigenvalue weighted by Gasteiger charge is 2.26. The first-order valence-corrected chi connectivity index (χ1v) is 12.2. The Morgan fingerprint density at radius 2 is 2.00 bits per heavy atom. The Hall–Kier alpha value is -3.16. The van der Waals surface area contributed by atoms with Crippen LogP contribution < -0.4 is 10.5 Å². The molecule has 2 aliphatic heterocycles. The van der Waals surface area contributed by atoms with Gasteiger partial charge in [-0.25, -0.2) is 4.98 Å². The molecule has 0 saturated carbocycles.